The van der Waals surface area contributed by atoms with Gasteiger partial charge in [-0.3, -0.25) is 0 Å². The van der Waals surface area contributed by atoms with E-state index in [1.54, 1.807) is 4.31 Å². The van der Waals surface area contributed by atoms with Gasteiger partial charge in [0.15, 0.2) is 0 Å². The van der Waals surface area contributed by atoms with E-state index >= 15 is 0 Å². The zero-order valence-corrected chi connectivity index (χ0v) is 11.7. The first-order chi connectivity index (χ1) is 8.59. The van der Waals surface area contributed by atoms with Gasteiger partial charge in [-0.1, -0.05) is 25.7 Å². The second-order valence-electron chi connectivity index (χ2n) is 5.39. The fourth-order valence-electron chi connectivity index (χ4n) is 2.80. The van der Waals surface area contributed by atoms with Crippen molar-refractivity contribution in [1.82, 2.24) is 9.03 Å². The van der Waals surface area contributed by atoms with Crippen molar-refractivity contribution in [2.45, 2.75) is 63.5 Å². The van der Waals surface area contributed by atoms with Gasteiger partial charge in [0, 0.05) is 19.1 Å². The Kier molecular flexibility index (Phi) is 5.00. The normalized spacial score (nSPS) is 32.1. The number of aliphatic hydroxyl groups excluding tert-OH is 1. The molecule has 18 heavy (non-hydrogen) atoms. The first-order valence-electron chi connectivity index (χ1n) is 7.05. The summed E-state index contributed by atoms with van der Waals surface area (Å²) in [5.41, 5.74) is 0. The highest BCUT2D eigenvalue weighted by Gasteiger charge is 2.30. The Balaban J connectivity index is 1.96. The first-order valence-corrected chi connectivity index (χ1v) is 8.49. The van der Waals surface area contributed by atoms with Crippen molar-refractivity contribution in [3.8, 4) is 0 Å². The van der Waals surface area contributed by atoms with Crippen molar-refractivity contribution < 1.29 is 13.5 Å². The van der Waals surface area contributed by atoms with Crippen molar-refractivity contribution in [3.63, 3.8) is 0 Å². The Labute approximate surface area is 110 Å². The molecular formula is C12H24N2O3S. The molecule has 1 aliphatic heterocycles. The van der Waals surface area contributed by atoms with Crippen LogP contribution in [0, 0.1) is 0 Å². The molecule has 2 atom stereocenters. The highest BCUT2D eigenvalue weighted by Crippen LogP contribution is 2.20. The molecule has 0 unspecified atom stereocenters. The molecule has 1 aliphatic carbocycles. The molecule has 2 aliphatic rings. The van der Waals surface area contributed by atoms with Crippen LogP contribution in [0.5, 0.6) is 0 Å². The van der Waals surface area contributed by atoms with Crippen molar-refractivity contribution in [2.75, 3.05) is 13.1 Å². The van der Waals surface area contributed by atoms with Gasteiger partial charge in [-0.2, -0.15) is 17.4 Å². The minimum Gasteiger partial charge on any atom is -0.391 e. The Bertz CT molecular complexity index is 350. The van der Waals surface area contributed by atoms with Crippen LogP contribution in [0.4, 0.5) is 0 Å². The topological polar surface area (TPSA) is 69.6 Å². The molecule has 1 heterocycles. The smallest absolute Gasteiger partial charge is 0.279 e. The Hall–Kier alpha value is -0.170. The van der Waals surface area contributed by atoms with Gasteiger partial charge in [0.25, 0.3) is 10.2 Å². The quantitative estimate of drug-likeness (QED) is 0.808. The lowest BCUT2D eigenvalue weighted by Crippen LogP contribution is -2.50. The maximum Gasteiger partial charge on any atom is 0.279 e. The lowest BCUT2D eigenvalue weighted by molar-refractivity contribution is 0.100. The molecule has 106 valence electrons. The van der Waals surface area contributed by atoms with Gasteiger partial charge in [-0.15, -0.1) is 0 Å². The van der Waals surface area contributed by atoms with Gasteiger partial charge in [0.2, 0.25) is 0 Å². The Morgan fingerprint density at radius 3 is 2.17 bits per heavy atom. The van der Waals surface area contributed by atoms with E-state index in [1.165, 1.54) is 0 Å². The van der Waals surface area contributed by atoms with Crippen molar-refractivity contribution in [1.29, 1.82) is 0 Å². The molecule has 0 amide bonds. The van der Waals surface area contributed by atoms with Crippen LogP contribution in [0.25, 0.3) is 0 Å². The Morgan fingerprint density at radius 1 is 0.944 bits per heavy atom. The largest absolute Gasteiger partial charge is 0.391 e. The van der Waals surface area contributed by atoms with E-state index < -0.39 is 16.3 Å². The predicted molar refractivity (Wildman–Crippen MR) is 70.4 cm³/mol. The summed E-state index contributed by atoms with van der Waals surface area (Å²) in [4.78, 5) is 0. The SMILES string of the molecule is O=S(=O)(N[C@H]1CCCC[C@@H]1O)N1CCCCCC1. The zero-order chi connectivity index (χ0) is 13.0. The highest BCUT2D eigenvalue weighted by atomic mass is 32.2. The van der Waals surface area contributed by atoms with Crippen molar-refractivity contribution >= 4 is 10.2 Å². The summed E-state index contributed by atoms with van der Waals surface area (Å²) in [5.74, 6) is 0. The molecule has 0 spiro atoms. The summed E-state index contributed by atoms with van der Waals surface area (Å²) in [7, 11) is -3.42. The van der Waals surface area contributed by atoms with Crippen LogP contribution >= 0.6 is 0 Å². The molecule has 2 N–H and O–H groups in total. The molecule has 1 saturated heterocycles. The van der Waals surface area contributed by atoms with Crippen LogP contribution in [-0.2, 0) is 10.2 Å². The molecule has 1 saturated carbocycles. The summed E-state index contributed by atoms with van der Waals surface area (Å²) in [6, 6.07) is -0.299. The summed E-state index contributed by atoms with van der Waals surface area (Å²) in [6.07, 6.45) is 6.99. The third kappa shape index (κ3) is 3.66. The van der Waals surface area contributed by atoms with E-state index in [0.717, 1.165) is 44.9 Å². The summed E-state index contributed by atoms with van der Waals surface area (Å²) >= 11 is 0. The molecule has 0 aromatic heterocycles. The van der Waals surface area contributed by atoms with Crippen LogP contribution in [-0.4, -0.2) is 43.1 Å². The standard InChI is InChI=1S/C12H24N2O3S/c15-12-8-4-3-7-11(12)13-18(16,17)14-9-5-1-2-6-10-14/h11-13,15H,1-10H2/t11-,12-/m0/s1. The van der Waals surface area contributed by atoms with E-state index in [4.69, 9.17) is 0 Å². The van der Waals surface area contributed by atoms with Gasteiger partial charge in [0.1, 0.15) is 0 Å². The zero-order valence-electron chi connectivity index (χ0n) is 10.8. The number of nitrogens with one attached hydrogen (secondary N) is 1. The number of nitrogens with zero attached hydrogens (tertiary/aromatic N) is 1. The fraction of sp³-hybridized carbons (Fsp3) is 1.00. The predicted octanol–water partition coefficient (Wildman–Crippen LogP) is 1.00. The molecular weight excluding hydrogens is 252 g/mol. The van der Waals surface area contributed by atoms with Gasteiger partial charge >= 0.3 is 0 Å². The number of hydrogen-bond acceptors (Lipinski definition) is 3. The van der Waals surface area contributed by atoms with Crippen LogP contribution in [0.1, 0.15) is 51.4 Å². The molecule has 0 radical (unpaired) electrons. The van der Waals surface area contributed by atoms with Gasteiger partial charge < -0.3 is 5.11 Å². The lowest BCUT2D eigenvalue weighted by atomic mass is 9.93. The molecule has 2 rings (SSSR count). The second-order valence-corrected chi connectivity index (χ2v) is 7.10. The van der Waals surface area contributed by atoms with Crippen molar-refractivity contribution in [3.05, 3.63) is 0 Å². The summed E-state index contributed by atoms with van der Waals surface area (Å²) in [6.45, 7) is 1.22. The highest BCUT2D eigenvalue weighted by molar-refractivity contribution is 7.87. The monoisotopic (exact) mass is 276 g/mol. The molecule has 2 fully saturated rings. The maximum atomic E-state index is 12.3. The van der Waals surface area contributed by atoms with E-state index in [1.807, 2.05) is 0 Å². The van der Waals surface area contributed by atoms with E-state index in [-0.39, 0.29) is 6.04 Å². The summed E-state index contributed by atoms with van der Waals surface area (Å²) < 4.78 is 28.7. The molecule has 0 bridgehead atoms. The van der Waals surface area contributed by atoms with Crippen molar-refractivity contribution in [2.24, 2.45) is 0 Å². The number of rotatable bonds is 3. The molecule has 5 nitrogen and oxygen atoms in total. The maximum absolute atomic E-state index is 12.3. The molecule has 0 aromatic rings. The number of hydrogen-bond donors (Lipinski definition) is 2. The first kappa shape index (κ1) is 14.2. The second kappa shape index (κ2) is 6.32. The van der Waals surface area contributed by atoms with Gasteiger partial charge in [-0.05, 0) is 25.7 Å². The van der Waals surface area contributed by atoms with Crippen LogP contribution in [0.3, 0.4) is 0 Å². The van der Waals surface area contributed by atoms with Crippen LogP contribution in [0.2, 0.25) is 0 Å². The molecule has 0 aromatic carbocycles. The summed E-state index contributed by atoms with van der Waals surface area (Å²) in [5, 5.41) is 9.84. The van der Waals surface area contributed by atoms with Crippen LogP contribution < -0.4 is 4.72 Å². The third-order valence-electron chi connectivity index (χ3n) is 3.93. The fourth-order valence-corrected chi connectivity index (χ4v) is 4.34. The number of aliphatic hydroxyl groups is 1. The average Bonchev–Trinajstić information content (AvgIpc) is 2.61. The minimum absolute atomic E-state index is 0.299. The third-order valence-corrected chi connectivity index (χ3v) is 5.58. The van der Waals surface area contributed by atoms with E-state index in [9.17, 15) is 13.5 Å². The van der Waals surface area contributed by atoms with E-state index in [0.29, 0.717) is 19.5 Å². The Morgan fingerprint density at radius 2 is 1.56 bits per heavy atom. The van der Waals surface area contributed by atoms with Gasteiger partial charge in [0.05, 0.1) is 6.10 Å². The molecule has 6 heteroatoms. The average molecular weight is 276 g/mol. The van der Waals surface area contributed by atoms with Crippen LogP contribution in [0.15, 0.2) is 0 Å². The lowest BCUT2D eigenvalue weighted by Gasteiger charge is -2.30. The van der Waals surface area contributed by atoms with E-state index in [2.05, 4.69) is 4.72 Å². The minimum atomic E-state index is -3.42. The van der Waals surface area contributed by atoms with Gasteiger partial charge in [-0.25, -0.2) is 0 Å².